The van der Waals surface area contributed by atoms with Gasteiger partial charge >= 0.3 is 5.97 Å². The number of esters is 1. The molecule has 2 aliphatic heterocycles. The van der Waals surface area contributed by atoms with Crippen molar-refractivity contribution in [3.05, 3.63) is 56.1 Å². The van der Waals surface area contributed by atoms with Crippen molar-refractivity contribution in [3.63, 3.8) is 0 Å². The van der Waals surface area contributed by atoms with E-state index in [1.165, 1.54) is 10.6 Å². The number of ether oxygens (including phenoxy) is 1. The molecule has 2 atom stereocenters. The number of halogens is 1. The number of rotatable bonds is 1. The Labute approximate surface area is 210 Å². The summed E-state index contributed by atoms with van der Waals surface area (Å²) in [6.45, 7) is 1.64. The van der Waals surface area contributed by atoms with Crippen LogP contribution in [-0.2, 0) is 44.8 Å². The Morgan fingerprint density at radius 3 is 2.59 bits per heavy atom. The predicted octanol–water partition coefficient (Wildman–Crippen LogP) is 1.37. The van der Waals surface area contributed by atoms with Gasteiger partial charge in [-0.05, 0) is 30.9 Å². The zero-order valence-electron chi connectivity index (χ0n) is 19.9. The summed E-state index contributed by atoms with van der Waals surface area (Å²) in [5, 5.41) is 21.9. The molecule has 3 aromatic rings. The third-order valence-corrected chi connectivity index (χ3v) is 7.12. The van der Waals surface area contributed by atoms with Gasteiger partial charge in [0.25, 0.3) is 15.7 Å². The van der Waals surface area contributed by atoms with Gasteiger partial charge in [-0.3, -0.25) is 9.35 Å². The Kier molecular flexibility index (Phi) is 5.68. The topological polar surface area (TPSA) is 182 Å². The zero-order chi connectivity index (χ0) is 27.0. The molecule has 0 saturated carbocycles. The molecule has 0 radical (unpaired) electrons. The predicted molar refractivity (Wildman–Crippen MR) is 129 cm³/mol. The number of aromatic hydroxyl groups is 1. The number of nitrogens with zero attached hydrogens (tertiary/aromatic N) is 2. The Bertz CT molecular complexity index is 1680. The Balaban J connectivity index is 0.000000514. The lowest BCUT2D eigenvalue weighted by Crippen LogP contribution is -2.44. The molecule has 1 aromatic carbocycles. The van der Waals surface area contributed by atoms with Crippen LogP contribution in [0.3, 0.4) is 0 Å². The van der Waals surface area contributed by atoms with Crippen molar-refractivity contribution >= 4 is 27.0 Å². The van der Waals surface area contributed by atoms with Gasteiger partial charge in [0, 0.05) is 34.2 Å². The smallest absolute Gasteiger partial charge is 0.343 e. The minimum atomic E-state index is -3.67. The fourth-order valence-electron chi connectivity index (χ4n) is 5.41. The van der Waals surface area contributed by atoms with Crippen molar-refractivity contribution in [2.75, 3.05) is 6.26 Å². The second-order valence-electron chi connectivity index (χ2n) is 9.41. The highest BCUT2D eigenvalue weighted by Crippen LogP contribution is 2.46. The molecular weight excluding hydrogens is 509 g/mol. The van der Waals surface area contributed by atoms with E-state index in [0.717, 1.165) is 11.1 Å². The minimum absolute atomic E-state index is 0.0453. The molecular formula is C24H24FN3O8S. The van der Waals surface area contributed by atoms with Crippen LogP contribution in [0.1, 0.15) is 53.6 Å². The van der Waals surface area contributed by atoms with E-state index in [1.54, 1.807) is 13.0 Å². The third kappa shape index (κ3) is 3.81. The number of cyclic esters (lactones) is 1. The first-order valence-electron chi connectivity index (χ1n) is 11.5. The molecule has 0 fully saturated rings. The summed E-state index contributed by atoms with van der Waals surface area (Å²) in [6.07, 6.45) is 1.71. The number of nitrogens with two attached hydrogens (primary N) is 1. The van der Waals surface area contributed by atoms with E-state index < -0.39 is 27.5 Å². The molecule has 3 aliphatic rings. The number of phenols is 1. The van der Waals surface area contributed by atoms with Crippen LogP contribution in [0.5, 0.6) is 5.75 Å². The highest BCUT2D eigenvalue weighted by atomic mass is 32.2. The summed E-state index contributed by atoms with van der Waals surface area (Å²) < 4.78 is 46.9. The van der Waals surface area contributed by atoms with E-state index in [0.29, 0.717) is 47.0 Å². The summed E-state index contributed by atoms with van der Waals surface area (Å²) >= 11 is 0. The van der Waals surface area contributed by atoms with Gasteiger partial charge in [-0.1, -0.05) is 6.92 Å². The summed E-state index contributed by atoms with van der Waals surface area (Å²) in [5.41, 5.74) is 7.85. The van der Waals surface area contributed by atoms with Crippen LogP contribution in [0.15, 0.2) is 16.9 Å². The second kappa shape index (κ2) is 8.31. The average molecular weight is 534 g/mol. The highest BCUT2D eigenvalue weighted by molar-refractivity contribution is 7.85. The van der Waals surface area contributed by atoms with Crippen molar-refractivity contribution in [1.82, 2.24) is 9.55 Å². The van der Waals surface area contributed by atoms with Crippen molar-refractivity contribution in [1.29, 1.82) is 0 Å². The van der Waals surface area contributed by atoms with Crippen LogP contribution in [0, 0.1) is 5.82 Å². The summed E-state index contributed by atoms with van der Waals surface area (Å²) in [5.74, 6) is -1.94. The molecule has 4 heterocycles. The first-order chi connectivity index (χ1) is 17.3. The molecule has 1 aliphatic carbocycles. The lowest BCUT2D eigenvalue weighted by Gasteiger charge is -2.31. The van der Waals surface area contributed by atoms with Gasteiger partial charge in [-0.25, -0.2) is 14.2 Å². The molecule has 196 valence electrons. The quantitative estimate of drug-likeness (QED) is 0.206. The number of aliphatic hydroxyl groups is 1. The SMILES string of the molecule is CC[C@@]1(O)C(=O)OCc2c1cc1n(c2=O)Cc2c-1nc1cc(F)c(O)c3c1c2[C@H](N)CC3.CS(=O)(=O)O. The van der Waals surface area contributed by atoms with Crippen LogP contribution in [0.2, 0.25) is 0 Å². The summed E-state index contributed by atoms with van der Waals surface area (Å²) in [6, 6.07) is 2.43. The van der Waals surface area contributed by atoms with Crippen LogP contribution in [0.4, 0.5) is 4.39 Å². The molecule has 11 nitrogen and oxygen atoms in total. The van der Waals surface area contributed by atoms with Crippen LogP contribution in [0.25, 0.3) is 22.3 Å². The molecule has 0 saturated heterocycles. The summed E-state index contributed by atoms with van der Waals surface area (Å²) in [4.78, 5) is 30.3. The van der Waals surface area contributed by atoms with E-state index in [2.05, 4.69) is 4.98 Å². The zero-order valence-corrected chi connectivity index (χ0v) is 20.7. The maximum absolute atomic E-state index is 14.4. The van der Waals surface area contributed by atoms with Gasteiger partial charge < -0.3 is 25.3 Å². The largest absolute Gasteiger partial charge is 0.505 e. The molecule has 5 N–H and O–H groups in total. The fourth-order valence-corrected chi connectivity index (χ4v) is 5.41. The fraction of sp³-hybridized carbons (Fsp3) is 0.375. The van der Waals surface area contributed by atoms with Crippen LogP contribution in [-0.4, -0.2) is 45.0 Å². The molecule has 0 amide bonds. The molecule has 13 heteroatoms. The van der Waals surface area contributed by atoms with Gasteiger partial charge in [-0.15, -0.1) is 0 Å². The normalized spacial score (nSPS) is 21.5. The number of fused-ring (bicyclic) bond motifs is 5. The number of carbonyl (C=O) groups is 1. The van der Waals surface area contributed by atoms with Gasteiger partial charge in [0.1, 0.15) is 6.61 Å². The van der Waals surface area contributed by atoms with Gasteiger partial charge in [0.15, 0.2) is 17.2 Å². The lowest BCUT2D eigenvalue weighted by molar-refractivity contribution is -0.172. The monoisotopic (exact) mass is 533 g/mol. The minimum Gasteiger partial charge on any atom is -0.505 e. The molecule has 2 aromatic heterocycles. The maximum atomic E-state index is 14.4. The molecule has 37 heavy (non-hydrogen) atoms. The number of aromatic nitrogens is 2. The number of hydrogen-bond donors (Lipinski definition) is 4. The number of hydrogen-bond acceptors (Lipinski definition) is 9. The number of phenolic OH excluding ortho intramolecular Hbond substituents is 1. The Hall–Kier alpha value is -3.39. The van der Waals surface area contributed by atoms with Crippen molar-refractivity contribution in [3.8, 4) is 17.1 Å². The molecule has 6 rings (SSSR count). The number of benzene rings is 1. The third-order valence-electron chi connectivity index (χ3n) is 7.12. The van der Waals surface area contributed by atoms with Crippen LogP contribution >= 0.6 is 0 Å². The summed E-state index contributed by atoms with van der Waals surface area (Å²) in [7, 11) is -3.67. The lowest BCUT2D eigenvalue weighted by atomic mass is 9.83. The highest BCUT2D eigenvalue weighted by Gasteiger charge is 2.45. The van der Waals surface area contributed by atoms with Crippen molar-refractivity contribution in [2.24, 2.45) is 5.73 Å². The number of pyridine rings is 2. The first-order valence-corrected chi connectivity index (χ1v) is 13.3. The standard InChI is InChI=1S/C23H20FN3O5.CH4O3S/c1-2-23(31)12-5-16-19-10(7-27(16)21(29)11(12)8-32-22(23)30)17-14(25)4-3-9-18(17)15(26-19)6-13(24)20(9)28;1-5(2,3)4/h5-6,14,28,31H,2-4,7-8,25H2,1H3;1H3,(H,2,3,4)/t14-,23+;/m1./s1. The van der Waals surface area contributed by atoms with Gasteiger partial charge in [-0.2, -0.15) is 8.42 Å². The Morgan fingerprint density at radius 2 is 1.95 bits per heavy atom. The average Bonchev–Trinajstić information content (AvgIpc) is 3.18. The second-order valence-corrected chi connectivity index (χ2v) is 10.9. The van der Waals surface area contributed by atoms with Crippen LogP contribution < -0.4 is 11.3 Å². The number of carbonyl (C=O) groups excluding carboxylic acids is 1. The van der Waals surface area contributed by atoms with Gasteiger partial charge in [0.05, 0.1) is 35.3 Å². The van der Waals surface area contributed by atoms with E-state index in [-0.39, 0.29) is 48.0 Å². The molecule has 0 unspecified atom stereocenters. The van der Waals surface area contributed by atoms with E-state index in [1.807, 2.05) is 0 Å². The molecule has 0 bridgehead atoms. The molecule has 0 spiro atoms. The van der Waals surface area contributed by atoms with Crippen molar-refractivity contribution in [2.45, 2.75) is 51.0 Å². The van der Waals surface area contributed by atoms with E-state index in [9.17, 15) is 32.6 Å². The maximum Gasteiger partial charge on any atom is 0.343 e. The van der Waals surface area contributed by atoms with E-state index in [4.69, 9.17) is 15.0 Å². The van der Waals surface area contributed by atoms with Gasteiger partial charge in [0.2, 0.25) is 0 Å². The van der Waals surface area contributed by atoms with E-state index >= 15 is 0 Å². The number of aryl methyl sites for hydroxylation is 1. The van der Waals surface area contributed by atoms with Crippen molar-refractivity contribution < 1.29 is 37.1 Å². The first kappa shape index (κ1) is 25.3. The Morgan fingerprint density at radius 1 is 1.27 bits per heavy atom.